The highest BCUT2D eigenvalue weighted by atomic mass is 35.5. The van der Waals surface area contributed by atoms with Gasteiger partial charge in [0.15, 0.2) is 0 Å². The molecule has 1 aromatic carbocycles. The number of hydrogen-bond acceptors (Lipinski definition) is 2. The Morgan fingerprint density at radius 2 is 1.90 bits per heavy atom. The van der Waals surface area contributed by atoms with E-state index in [1.54, 1.807) is 0 Å². The van der Waals surface area contributed by atoms with Crippen LogP contribution in [0.1, 0.15) is 39.7 Å². The summed E-state index contributed by atoms with van der Waals surface area (Å²) in [5, 5.41) is 3.65. The van der Waals surface area contributed by atoms with E-state index in [9.17, 15) is 4.79 Å². The van der Waals surface area contributed by atoms with Gasteiger partial charge in [0.05, 0.1) is 6.04 Å². The number of nitrogens with one attached hydrogen (secondary N) is 1. The monoisotopic (exact) mass is 332 g/mol. The lowest BCUT2D eigenvalue weighted by Gasteiger charge is -2.27. The zero-order valence-corrected chi connectivity index (χ0v) is 14.7. The highest BCUT2D eigenvalue weighted by Crippen LogP contribution is 2.28. The number of carbonyl (C=O) groups excluding carboxylic acids is 1. The second-order valence-corrected chi connectivity index (χ2v) is 6.72. The topological polar surface area (TPSA) is 55.1 Å². The van der Waals surface area contributed by atoms with Crippen molar-refractivity contribution < 1.29 is 4.79 Å². The standard InChI is InChI=1S/C16H25ClN2O.ClH/c1-11(2)9-14(18)15(20)19-10-16(3,4)12-7-5-6-8-13(12)17;/h5-8,11,14H,9-10,18H2,1-4H3,(H,19,20);1H/t14-;/m0./s1. The quantitative estimate of drug-likeness (QED) is 0.837. The molecule has 1 aromatic rings. The van der Waals surface area contributed by atoms with Crippen molar-refractivity contribution in [2.24, 2.45) is 11.7 Å². The van der Waals surface area contributed by atoms with Gasteiger partial charge in [0.2, 0.25) is 5.91 Å². The summed E-state index contributed by atoms with van der Waals surface area (Å²) in [7, 11) is 0. The lowest BCUT2D eigenvalue weighted by atomic mass is 9.84. The Bertz CT molecular complexity index is 461. The van der Waals surface area contributed by atoms with E-state index in [0.29, 0.717) is 18.9 Å². The van der Waals surface area contributed by atoms with Crippen molar-refractivity contribution in [1.82, 2.24) is 5.32 Å². The van der Waals surface area contributed by atoms with Gasteiger partial charge in [-0.3, -0.25) is 4.79 Å². The second kappa shape index (κ2) is 8.62. The van der Waals surface area contributed by atoms with E-state index in [1.165, 1.54) is 0 Å². The molecule has 0 unspecified atom stereocenters. The van der Waals surface area contributed by atoms with Gasteiger partial charge < -0.3 is 11.1 Å². The molecule has 0 aliphatic carbocycles. The van der Waals surface area contributed by atoms with Crippen LogP contribution in [0.5, 0.6) is 0 Å². The summed E-state index contributed by atoms with van der Waals surface area (Å²) >= 11 is 6.22. The van der Waals surface area contributed by atoms with Crippen molar-refractivity contribution in [3.05, 3.63) is 34.9 Å². The fourth-order valence-electron chi connectivity index (χ4n) is 2.16. The van der Waals surface area contributed by atoms with Gasteiger partial charge in [0, 0.05) is 17.0 Å². The summed E-state index contributed by atoms with van der Waals surface area (Å²) < 4.78 is 0. The third-order valence-electron chi connectivity index (χ3n) is 3.37. The zero-order chi connectivity index (χ0) is 15.3. The minimum Gasteiger partial charge on any atom is -0.354 e. The average Bonchev–Trinajstić information content (AvgIpc) is 2.35. The molecular formula is C16H26Cl2N2O. The van der Waals surface area contributed by atoms with Gasteiger partial charge in [0.1, 0.15) is 0 Å². The first-order valence-electron chi connectivity index (χ1n) is 7.02. The molecule has 1 rings (SSSR count). The number of nitrogens with two attached hydrogens (primary N) is 1. The van der Waals surface area contributed by atoms with Crippen LogP contribution in [-0.4, -0.2) is 18.5 Å². The lowest BCUT2D eigenvalue weighted by Crippen LogP contribution is -2.45. The van der Waals surface area contributed by atoms with Crippen molar-refractivity contribution >= 4 is 29.9 Å². The molecule has 0 aliphatic rings. The number of carbonyl (C=O) groups is 1. The van der Waals surface area contributed by atoms with Crippen LogP contribution in [0.4, 0.5) is 0 Å². The molecule has 0 fully saturated rings. The number of benzene rings is 1. The van der Waals surface area contributed by atoms with Crippen molar-refractivity contribution in [2.45, 2.75) is 45.6 Å². The van der Waals surface area contributed by atoms with Crippen molar-refractivity contribution in [2.75, 3.05) is 6.54 Å². The summed E-state index contributed by atoms with van der Waals surface area (Å²) in [5.74, 6) is 0.311. The molecule has 120 valence electrons. The molecule has 0 saturated carbocycles. The summed E-state index contributed by atoms with van der Waals surface area (Å²) in [4.78, 5) is 12.0. The van der Waals surface area contributed by atoms with E-state index in [0.717, 1.165) is 10.6 Å². The molecule has 5 heteroatoms. The van der Waals surface area contributed by atoms with Gasteiger partial charge in [-0.05, 0) is 24.0 Å². The van der Waals surface area contributed by atoms with E-state index in [-0.39, 0.29) is 23.7 Å². The molecule has 0 aliphatic heterocycles. The van der Waals surface area contributed by atoms with E-state index in [1.807, 2.05) is 24.3 Å². The maximum absolute atomic E-state index is 12.0. The molecule has 0 heterocycles. The van der Waals surface area contributed by atoms with Crippen LogP contribution in [-0.2, 0) is 10.2 Å². The van der Waals surface area contributed by atoms with Gasteiger partial charge in [-0.25, -0.2) is 0 Å². The van der Waals surface area contributed by atoms with E-state index < -0.39 is 6.04 Å². The summed E-state index contributed by atoms with van der Waals surface area (Å²) in [6, 6.07) is 7.26. The molecule has 0 aromatic heterocycles. The zero-order valence-electron chi connectivity index (χ0n) is 13.2. The number of hydrogen-bond donors (Lipinski definition) is 2. The van der Waals surface area contributed by atoms with Crippen molar-refractivity contribution in [1.29, 1.82) is 0 Å². The normalized spacial score (nSPS) is 12.7. The predicted octanol–water partition coefficient (Wildman–Crippen LogP) is 3.53. The third-order valence-corrected chi connectivity index (χ3v) is 3.70. The fraction of sp³-hybridized carbons (Fsp3) is 0.562. The maximum Gasteiger partial charge on any atom is 0.236 e. The van der Waals surface area contributed by atoms with Gasteiger partial charge in [-0.15, -0.1) is 12.4 Å². The van der Waals surface area contributed by atoms with Gasteiger partial charge >= 0.3 is 0 Å². The summed E-state index contributed by atoms with van der Waals surface area (Å²) in [6.07, 6.45) is 0.693. The molecule has 21 heavy (non-hydrogen) atoms. The summed E-state index contributed by atoms with van der Waals surface area (Å²) in [6.45, 7) is 8.74. The minimum atomic E-state index is -0.447. The van der Waals surface area contributed by atoms with E-state index in [4.69, 9.17) is 17.3 Å². The Morgan fingerprint density at radius 3 is 2.43 bits per heavy atom. The Balaban J connectivity index is 0.00000400. The molecule has 1 amide bonds. The minimum absolute atomic E-state index is 0. The van der Waals surface area contributed by atoms with Crippen molar-refractivity contribution in [3.8, 4) is 0 Å². The lowest BCUT2D eigenvalue weighted by molar-refractivity contribution is -0.122. The van der Waals surface area contributed by atoms with Gasteiger partial charge in [-0.2, -0.15) is 0 Å². The first-order chi connectivity index (χ1) is 9.24. The first-order valence-corrected chi connectivity index (χ1v) is 7.40. The van der Waals surface area contributed by atoms with Gasteiger partial charge in [0.25, 0.3) is 0 Å². The molecule has 0 spiro atoms. The first kappa shape index (κ1) is 20.2. The Hall–Kier alpha value is -0.770. The van der Waals surface area contributed by atoms with Crippen LogP contribution in [0.15, 0.2) is 24.3 Å². The van der Waals surface area contributed by atoms with E-state index in [2.05, 4.69) is 33.0 Å². The maximum atomic E-state index is 12.0. The highest BCUT2D eigenvalue weighted by Gasteiger charge is 2.25. The molecule has 0 bridgehead atoms. The van der Waals surface area contributed by atoms with E-state index >= 15 is 0 Å². The Kier molecular flexibility index (Phi) is 8.30. The number of rotatable bonds is 6. The Morgan fingerprint density at radius 1 is 1.33 bits per heavy atom. The number of amides is 1. The van der Waals surface area contributed by atoms with Crippen LogP contribution in [0.2, 0.25) is 5.02 Å². The molecule has 1 atom stereocenters. The SMILES string of the molecule is CC(C)C[C@H](N)C(=O)NCC(C)(C)c1ccccc1Cl.Cl. The average molecular weight is 333 g/mol. The van der Waals surface area contributed by atoms with Crippen LogP contribution >= 0.6 is 24.0 Å². The van der Waals surface area contributed by atoms with Crippen molar-refractivity contribution in [3.63, 3.8) is 0 Å². The summed E-state index contributed by atoms with van der Waals surface area (Å²) in [5.41, 5.74) is 6.67. The Labute approximate surface area is 139 Å². The molecule has 3 nitrogen and oxygen atoms in total. The van der Waals surface area contributed by atoms with Crippen LogP contribution in [0.25, 0.3) is 0 Å². The molecule has 0 radical (unpaired) electrons. The fourth-order valence-corrected chi connectivity index (χ4v) is 2.55. The van der Waals surface area contributed by atoms with Crippen LogP contribution in [0, 0.1) is 5.92 Å². The molecule has 3 N–H and O–H groups in total. The smallest absolute Gasteiger partial charge is 0.236 e. The van der Waals surface area contributed by atoms with Gasteiger partial charge in [-0.1, -0.05) is 57.5 Å². The largest absolute Gasteiger partial charge is 0.354 e. The highest BCUT2D eigenvalue weighted by molar-refractivity contribution is 6.31. The predicted molar refractivity (Wildman–Crippen MR) is 92.2 cm³/mol. The molecular weight excluding hydrogens is 307 g/mol. The van der Waals surface area contributed by atoms with Crippen LogP contribution in [0.3, 0.4) is 0 Å². The van der Waals surface area contributed by atoms with Crippen LogP contribution < -0.4 is 11.1 Å². The third kappa shape index (κ3) is 6.25. The molecule has 0 saturated heterocycles. The number of halogens is 2. The second-order valence-electron chi connectivity index (χ2n) is 6.32.